The van der Waals surface area contributed by atoms with Crippen LogP contribution in [0.25, 0.3) is 0 Å². The quantitative estimate of drug-likeness (QED) is 0.825. The molecule has 2 heterocycles. The number of piperidine rings is 1. The molecule has 0 aliphatic carbocycles. The molecule has 1 aromatic rings. The van der Waals surface area contributed by atoms with Crippen molar-refractivity contribution in [3.05, 3.63) is 29.3 Å². The van der Waals surface area contributed by atoms with Crippen molar-refractivity contribution in [2.45, 2.75) is 25.4 Å². The maximum atomic E-state index is 12.1. The molecule has 1 aromatic carbocycles. The largest absolute Gasteiger partial charge is 0.459 e. The summed E-state index contributed by atoms with van der Waals surface area (Å²) in [6, 6.07) is 5.80. The van der Waals surface area contributed by atoms with Gasteiger partial charge in [0, 0.05) is 25.3 Å². The van der Waals surface area contributed by atoms with E-state index in [1.54, 1.807) is 0 Å². The van der Waals surface area contributed by atoms with Crippen LogP contribution >= 0.6 is 0 Å². The minimum absolute atomic E-state index is 0.0788. The third-order valence-electron chi connectivity index (χ3n) is 3.99. The van der Waals surface area contributed by atoms with Gasteiger partial charge in [0.05, 0.1) is 5.56 Å². The molecule has 0 aromatic heterocycles. The van der Waals surface area contributed by atoms with E-state index in [2.05, 4.69) is 17.3 Å². The fraction of sp³-hybridized carbons (Fsp3) is 0.533. The Morgan fingerprint density at radius 3 is 2.95 bits per heavy atom. The molecule has 3 rings (SSSR count). The van der Waals surface area contributed by atoms with Crippen LogP contribution in [0.5, 0.6) is 0 Å². The van der Waals surface area contributed by atoms with E-state index >= 15 is 0 Å². The van der Waals surface area contributed by atoms with Gasteiger partial charge in [0.25, 0.3) is 0 Å². The van der Waals surface area contributed by atoms with Crippen molar-refractivity contribution >= 4 is 11.7 Å². The zero-order valence-corrected chi connectivity index (χ0v) is 11.3. The van der Waals surface area contributed by atoms with Crippen LogP contribution < -0.4 is 5.32 Å². The van der Waals surface area contributed by atoms with Crippen LogP contribution in [-0.2, 0) is 11.2 Å². The zero-order chi connectivity index (χ0) is 13.2. The van der Waals surface area contributed by atoms with Crippen molar-refractivity contribution in [2.24, 2.45) is 0 Å². The van der Waals surface area contributed by atoms with Gasteiger partial charge in [0.1, 0.15) is 6.10 Å². The lowest BCUT2D eigenvalue weighted by molar-refractivity contribution is 0.0139. The first-order valence-electron chi connectivity index (χ1n) is 6.99. The summed E-state index contributed by atoms with van der Waals surface area (Å²) in [6.07, 6.45) is 2.95. The Kier molecular flexibility index (Phi) is 3.42. The lowest BCUT2D eigenvalue weighted by Gasteiger charge is -2.28. The van der Waals surface area contributed by atoms with E-state index < -0.39 is 0 Å². The van der Waals surface area contributed by atoms with Gasteiger partial charge in [-0.25, -0.2) is 4.79 Å². The lowest BCUT2D eigenvalue weighted by atomic mass is 10.1. The molecule has 4 nitrogen and oxygen atoms in total. The fourth-order valence-corrected chi connectivity index (χ4v) is 2.75. The number of anilines is 1. The number of benzene rings is 1. The summed E-state index contributed by atoms with van der Waals surface area (Å²) in [5.41, 5.74) is 3.05. The molecule has 0 bridgehead atoms. The summed E-state index contributed by atoms with van der Waals surface area (Å²) in [7, 11) is 2.10. The van der Waals surface area contributed by atoms with Crippen molar-refractivity contribution in [3.63, 3.8) is 0 Å². The summed E-state index contributed by atoms with van der Waals surface area (Å²) in [6.45, 7) is 2.97. The molecule has 19 heavy (non-hydrogen) atoms. The third-order valence-corrected chi connectivity index (χ3v) is 3.99. The maximum Gasteiger partial charge on any atom is 0.338 e. The van der Waals surface area contributed by atoms with Crippen molar-refractivity contribution < 1.29 is 9.53 Å². The topological polar surface area (TPSA) is 41.6 Å². The van der Waals surface area contributed by atoms with Gasteiger partial charge < -0.3 is 15.0 Å². The van der Waals surface area contributed by atoms with Gasteiger partial charge in [-0.15, -0.1) is 0 Å². The Bertz CT molecular complexity index is 479. The smallest absolute Gasteiger partial charge is 0.338 e. The van der Waals surface area contributed by atoms with Crippen LogP contribution in [0, 0.1) is 0 Å². The van der Waals surface area contributed by atoms with E-state index in [4.69, 9.17) is 4.74 Å². The highest BCUT2D eigenvalue weighted by Gasteiger charge is 2.22. The van der Waals surface area contributed by atoms with Crippen molar-refractivity contribution in [3.8, 4) is 0 Å². The second-order valence-corrected chi connectivity index (χ2v) is 5.46. The number of hydrogen-bond donors (Lipinski definition) is 1. The van der Waals surface area contributed by atoms with Crippen molar-refractivity contribution in [1.29, 1.82) is 0 Å². The molecular formula is C15H20N2O2. The predicted octanol–water partition coefficient (Wildman–Crippen LogP) is 1.91. The molecular weight excluding hydrogens is 240 g/mol. The number of hydrogen-bond acceptors (Lipinski definition) is 4. The minimum Gasteiger partial charge on any atom is -0.459 e. The minimum atomic E-state index is -0.177. The van der Waals surface area contributed by atoms with Crippen LogP contribution in [0.15, 0.2) is 18.2 Å². The van der Waals surface area contributed by atoms with Crippen molar-refractivity contribution in [2.75, 3.05) is 32.0 Å². The fourth-order valence-electron chi connectivity index (χ4n) is 2.75. The number of nitrogens with zero attached hydrogens (tertiary/aromatic N) is 1. The lowest BCUT2D eigenvalue weighted by Crippen LogP contribution is -2.35. The van der Waals surface area contributed by atoms with E-state index in [1.807, 2.05) is 18.2 Å². The second-order valence-electron chi connectivity index (χ2n) is 5.46. The van der Waals surface area contributed by atoms with Crippen LogP contribution in [0.1, 0.15) is 28.8 Å². The van der Waals surface area contributed by atoms with E-state index in [9.17, 15) is 4.79 Å². The summed E-state index contributed by atoms with van der Waals surface area (Å²) < 4.78 is 5.60. The number of likely N-dealkylation sites (tertiary alicyclic amines) is 1. The van der Waals surface area contributed by atoms with E-state index in [-0.39, 0.29) is 12.1 Å². The van der Waals surface area contributed by atoms with Crippen LogP contribution in [0.3, 0.4) is 0 Å². The normalized spacial score (nSPS) is 19.8. The third kappa shape index (κ3) is 2.73. The first kappa shape index (κ1) is 12.5. The molecule has 4 heteroatoms. The van der Waals surface area contributed by atoms with Gasteiger partial charge in [-0.2, -0.15) is 0 Å². The molecule has 0 amide bonds. The van der Waals surface area contributed by atoms with Gasteiger partial charge in [0.15, 0.2) is 0 Å². The molecule has 1 saturated heterocycles. The number of fused-ring (bicyclic) bond motifs is 1. The molecule has 1 N–H and O–H groups in total. The summed E-state index contributed by atoms with van der Waals surface area (Å²) in [4.78, 5) is 14.4. The number of carbonyl (C=O) groups is 1. The Morgan fingerprint density at radius 1 is 1.37 bits per heavy atom. The Labute approximate surface area is 113 Å². The molecule has 0 unspecified atom stereocenters. The second kappa shape index (κ2) is 5.21. The van der Waals surface area contributed by atoms with Crippen LogP contribution in [-0.4, -0.2) is 43.7 Å². The predicted molar refractivity (Wildman–Crippen MR) is 74.6 cm³/mol. The molecule has 1 fully saturated rings. The summed E-state index contributed by atoms with van der Waals surface area (Å²) in [5, 5.41) is 3.29. The number of nitrogens with one attached hydrogen (secondary N) is 1. The molecule has 0 spiro atoms. The highest BCUT2D eigenvalue weighted by atomic mass is 16.5. The highest BCUT2D eigenvalue weighted by Crippen LogP contribution is 2.24. The van der Waals surface area contributed by atoms with Gasteiger partial charge in [-0.1, -0.05) is 0 Å². The average Bonchev–Trinajstić information content (AvgIpc) is 2.88. The van der Waals surface area contributed by atoms with Gasteiger partial charge >= 0.3 is 5.97 Å². The molecule has 102 valence electrons. The van der Waals surface area contributed by atoms with Gasteiger partial charge in [-0.05, 0) is 50.1 Å². The first-order valence-corrected chi connectivity index (χ1v) is 6.99. The number of carbonyl (C=O) groups excluding carboxylic acids is 1. The van der Waals surface area contributed by atoms with Gasteiger partial charge in [-0.3, -0.25) is 0 Å². The van der Waals surface area contributed by atoms with Crippen LogP contribution in [0.4, 0.5) is 5.69 Å². The number of esters is 1. The Hall–Kier alpha value is -1.55. The maximum absolute atomic E-state index is 12.1. The molecule has 2 aliphatic heterocycles. The van der Waals surface area contributed by atoms with Gasteiger partial charge in [0.2, 0.25) is 0 Å². The summed E-state index contributed by atoms with van der Waals surface area (Å²) >= 11 is 0. The summed E-state index contributed by atoms with van der Waals surface area (Å²) in [5.74, 6) is -0.177. The molecule has 0 radical (unpaired) electrons. The van der Waals surface area contributed by atoms with Crippen LogP contribution in [0.2, 0.25) is 0 Å². The van der Waals surface area contributed by atoms with Crippen molar-refractivity contribution in [1.82, 2.24) is 4.90 Å². The molecule has 0 atom stereocenters. The first-order chi connectivity index (χ1) is 9.22. The van der Waals surface area contributed by atoms with E-state index in [1.165, 1.54) is 5.56 Å². The van der Waals surface area contributed by atoms with E-state index in [0.29, 0.717) is 5.56 Å². The standard InChI is InChI=1S/C15H20N2O2/c1-17-8-5-13(6-9-17)19-15(18)12-2-3-14-11(10-12)4-7-16-14/h2-3,10,13,16H,4-9H2,1H3. The number of rotatable bonds is 2. The molecule has 0 saturated carbocycles. The monoisotopic (exact) mass is 260 g/mol. The average molecular weight is 260 g/mol. The Morgan fingerprint density at radius 2 is 2.16 bits per heavy atom. The van der Waals surface area contributed by atoms with E-state index in [0.717, 1.165) is 44.6 Å². The highest BCUT2D eigenvalue weighted by molar-refractivity contribution is 5.90. The molecule has 2 aliphatic rings. The SMILES string of the molecule is CN1CCC(OC(=O)c2ccc3c(c2)CCN3)CC1. The Balaban J connectivity index is 1.64. The zero-order valence-electron chi connectivity index (χ0n) is 11.3. The number of ether oxygens (including phenoxy) is 1.